The Morgan fingerprint density at radius 1 is 1.47 bits per heavy atom. The number of carbonyl (C=O) groups excluding carboxylic acids is 1. The van der Waals surface area contributed by atoms with Crippen molar-refractivity contribution >= 4 is 27.5 Å². The summed E-state index contributed by atoms with van der Waals surface area (Å²) in [5.74, 6) is -0.0791. The van der Waals surface area contributed by atoms with Gasteiger partial charge < -0.3 is 5.32 Å². The maximum absolute atomic E-state index is 11.6. The summed E-state index contributed by atoms with van der Waals surface area (Å²) in [7, 11) is 0. The van der Waals surface area contributed by atoms with Crippen LogP contribution in [-0.2, 0) is 11.3 Å². The molecular weight excluding hydrogens is 286 g/mol. The average molecular weight is 296 g/mol. The van der Waals surface area contributed by atoms with E-state index in [-0.39, 0.29) is 5.91 Å². The van der Waals surface area contributed by atoms with E-state index in [2.05, 4.69) is 36.3 Å². The van der Waals surface area contributed by atoms with Crippen molar-refractivity contribution in [2.24, 2.45) is 0 Å². The molecule has 0 saturated heterocycles. The van der Waals surface area contributed by atoms with Crippen LogP contribution in [0.5, 0.6) is 0 Å². The van der Waals surface area contributed by atoms with E-state index in [1.165, 1.54) is 6.33 Å². The Labute approximate surface area is 106 Å². The fourth-order valence-electron chi connectivity index (χ4n) is 1.24. The summed E-state index contributed by atoms with van der Waals surface area (Å²) in [6.07, 6.45) is 4.96. The second kappa shape index (κ2) is 5.53. The molecule has 2 aromatic rings. The lowest BCUT2D eigenvalue weighted by Crippen LogP contribution is -2.14. The van der Waals surface area contributed by atoms with Gasteiger partial charge in [-0.25, -0.2) is 9.97 Å². The number of amides is 1. The van der Waals surface area contributed by atoms with Crippen LogP contribution < -0.4 is 5.32 Å². The summed E-state index contributed by atoms with van der Waals surface area (Å²) in [6.45, 7) is 0.510. The van der Waals surface area contributed by atoms with Crippen LogP contribution in [0.4, 0.5) is 5.69 Å². The zero-order chi connectivity index (χ0) is 12.1. The predicted molar refractivity (Wildman–Crippen MR) is 65.2 cm³/mol. The number of aromatic nitrogens is 4. The summed E-state index contributed by atoms with van der Waals surface area (Å²) >= 11 is 3.23. The van der Waals surface area contributed by atoms with E-state index < -0.39 is 0 Å². The number of nitrogens with one attached hydrogen (secondary N) is 1. The van der Waals surface area contributed by atoms with E-state index in [9.17, 15) is 4.79 Å². The Hall–Kier alpha value is -1.76. The fourth-order valence-corrected chi connectivity index (χ4v) is 1.47. The van der Waals surface area contributed by atoms with Gasteiger partial charge in [0.2, 0.25) is 5.91 Å². The summed E-state index contributed by atoms with van der Waals surface area (Å²) in [5, 5.41) is 6.66. The summed E-state index contributed by atoms with van der Waals surface area (Å²) in [4.78, 5) is 19.4. The molecule has 0 aromatic carbocycles. The van der Waals surface area contributed by atoms with E-state index in [0.29, 0.717) is 18.7 Å². The molecule has 0 aliphatic rings. The summed E-state index contributed by atoms with van der Waals surface area (Å²) < 4.78 is 2.34. The molecule has 0 bridgehead atoms. The van der Waals surface area contributed by atoms with Gasteiger partial charge in [-0.1, -0.05) is 0 Å². The number of hydrogen-bond acceptors (Lipinski definition) is 4. The number of pyridine rings is 1. The van der Waals surface area contributed by atoms with Gasteiger partial charge in [0.15, 0.2) is 0 Å². The van der Waals surface area contributed by atoms with Crippen LogP contribution >= 0.6 is 15.9 Å². The highest BCUT2D eigenvalue weighted by Crippen LogP contribution is 2.10. The number of carbonyl (C=O) groups is 1. The smallest absolute Gasteiger partial charge is 0.226 e. The van der Waals surface area contributed by atoms with Crippen LogP contribution in [0.1, 0.15) is 6.42 Å². The maximum Gasteiger partial charge on any atom is 0.226 e. The highest BCUT2D eigenvalue weighted by molar-refractivity contribution is 9.10. The minimum absolute atomic E-state index is 0.0791. The van der Waals surface area contributed by atoms with Gasteiger partial charge in [0, 0.05) is 6.42 Å². The Morgan fingerprint density at radius 2 is 2.35 bits per heavy atom. The number of halogens is 1. The molecule has 2 rings (SSSR count). The molecule has 0 unspecified atom stereocenters. The first kappa shape index (κ1) is 11.7. The van der Waals surface area contributed by atoms with Crippen molar-refractivity contribution in [3.63, 3.8) is 0 Å². The zero-order valence-electron chi connectivity index (χ0n) is 8.88. The first-order valence-electron chi connectivity index (χ1n) is 4.98. The standard InChI is InChI=1S/C10H10BrN5O/c11-9-2-1-8(5-13-9)15-10(17)3-4-16-7-12-6-14-16/h1-2,5-7H,3-4H2,(H,15,17). The van der Waals surface area contributed by atoms with Crippen LogP contribution in [0.3, 0.4) is 0 Å². The molecule has 0 fully saturated rings. The molecule has 0 aliphatic heterocycles. The molecular formula is C10H10BrN5O. The second-order valence-corrected chi connectivity index (χ2v) is 4.14. The van der Waals surface area contributed by atoms with Gasteiger partial charge >= 0.3 is 0 Å². The number of rotatable bonds is 4. The predicted octanol–water partition coefficient (Wildman–Crippen LogP) is 1.46. The Bertz CT molecular complexity index is 482. The van der Waals surface area contributed by atoms with E-state index in [4.69, 9.17) is 0 Å². The Balaban J connectivity index is 1.83. The van der Waals surface area contributed by atoms with E-state index in [1.54, 1.807) is 29.3 Å². The van der Waals surface area contributed by atoms with Gasteiger partial charge in [-0.2, -0.15) is 5.10 Å². The lowest BCUT2D eigenvalue weighted by Gasteiger charge is -2.04. The largest absolute Gasteiger partial charge is 0.325 e. The number of nitrogens with zero attached hydrogens (tertiary/aromatic N) is 4. The SMILES string of the molecule is O=C(CCn1cncn1)Nc1ccc(Br)nc1. The van der Waals surface area contributed by atoms with Crippen LogP contribution in [0.15, 0.2) is 35.6 Å². The molecule has 0 saturated carbocycles. The molecule has 0 atom stereocenters. The lowest BCUT2D eigenvalue weighted by molar-refractivity contribution is -0.116. The molecule has 1 N–H and O–H groups in total. The Morgan fingerprint density at radius 3 is 3.00 bits per heavy atom. The van der Waals surface area contributed by atoms with Gasteiger partial charge in [-0.15, -0.1) is 0 Å². The number of hydrogen-bond donors (Lipinski definition) is 1. The monoisotopic (exact) mass is 295 g/mol. The van der Waals surface area contributed by atoms with Crippen molar-refractivity contribution in [2.45, 2.75) is 13.0 Å². The van der Waals surface area contributed by atoms with Crippen molar-refractivity contribution in [3.05, 3.63) is 35.6 Å². The van der Waals surface area contributed by atoms with Gasteiger partial charge in [-0.3, -0.25) is 9.48 Å². The van der Waals surface area contributed by atoms with Crippen molar-refractivity contribution < 1.29 is 4.79 Å². The van der Waals surface area contributed by atoms with Crippen LogP contribution in [-0.4, -0.2) is 25.7 Å². The van der Waals surface area contributed by atoms with Crippen molar-refractivity contribution in [1.82, 2.24) is 19.7 Å². The van der Waals surface area contributed by atoms with Crippen LogP contribution in [0.25, 0.3) is 0 Å². The maximum atomic E-state index is 11.6. The topological polar surface area (TPSA) is 72.7 Å². The minimum atomic E-state index is -0.0791. The highest BCUT2D eigenvalue weighted by atomic mass is 79.9. The van der Waals surface area contributed by atoms with Crippen molar-refractivity contribution in [3.8, 4) is 0 Å². The number of anilines is 1. The molecule has 2 aromatic heterocycles. The number of aryl methyl sites for hydroxylation is 1. The average Bonchev–Trinajstić information content (AvgIpc) is 2.83. The van der Waals surface area contributed by atoms with E-state index in [1.807, 2.05) is 0 Å². The van der Waals surface area contributed by atoms with Crippen LogP contribution in [0.2, 0.25) is 0 Å². The quantitative estimate of drug-likeness (QED) is 0.867. The lowest BCUT2D eigenvalue weighted by atomic mass is 10.3. The molecule has 0 aliphatic carbocycles. The van der Waals surface area contributed by atoms with Gasteiger partial charge in [-0.05, 0) is 28.1 Å². The normalized spacial score (nSPS) is 10.2. The molecule has 88 valence electrons. The minimum Gasteiger partial charge on any atom is -0.325 e. The third-order valence-corrected chi connectivity index (χ3v) is 2.51. The van der Waals surface area contributed by atoms with Gasteiger partial charge in [0.25, 0.3) is 0 Å². The highest BCUT2D eigenvalue weighted by Gasteiger charge is 2.03. The Kier molecular flexibility index (Phi) is 3.81. The molecule has 17 heavy (non-hydrogen) atoms. The molecule has 2 heterocycles. The van der Waals surface area contributed by atoms with Gasteiger partial charge in [0.05, 0.1) is 18.4 Å². The molecule has 0 spiro atoms. The van der Waals surface area contributed by atoms with E-state index >= 15 is 0 Å². The summed E-state index contributed by atoms with van der Waals surface area (Å²) in [6, 6.07) is 3.55. The third kappa shape index (κ3) is 3.63. The fraction of sp³-hybridized carbons (Fsp3) is 0.200. The molecule has 6 nitrogen and oxygen atoms in total. The molecule has 0 radical (unpaired) electrons. The van der Waals surface area contributed by atoms with Crippen molar-refractivity contribution in [2.75, 3.05) is 5.32 Å². The molecule has 1 amide bonds. The second-order valence-electron chi connectivity index (χ2n) is 3.33. The first-order valence-corrected chi connectivity index (χ1v) is 5.77. The van der Waals surface area contributed by atoms with Gasteiger partial charge in [0.1, 0.15) is 17.3 Å². The van der Waals surface area contributed by atoms with Crippen LogP contribution in [0, 0.1) is 0 Å². The van der Waals surface area contributed by atoms with Crippen molar-refractivity contribution in [1.29, 1.82) is 0 Å². The third-order valence-electron chi connectivity index (χ3n) is 2.05. The zero-order valence-corrected chi connectivity index (χ0v) is 10.5. The molecule has 7 heteroatoms. The first-order chi connectivity index (χ1) is 8.24. The summed E-state index contributed by atoms with van der Waals surface area (Å²) in [5.41, 5.74) is 0.678. The van der Waals surface area contributed by atoms with E-state index in [0.717, 1.165) is 4.60 Å².